The van der Waals surface area contributed by atoms with Crippen molar-refractivity contribution in [3.05, 3.63) is 35.4 Å². The summed E-state index contributed by atoms with van der Waals surface area (Å²) in [6.45, 7) is 7.04. The zero-order valence-corrected chi connectivity index (χ0v) is 14.7. The van der Waals surface area contributed by atoms with Crippen molar-refractivity contribution in [2.24, 2.45) is 0 Å². The second-order valence-corrected chi connectivity index (χ2v) is 7.75. The van der Waals surface area contributed by atoms with Crippen molar-refractivity contribution in [3.8, 4) is 0 Å². The van der Waals surface area contributed by atoms with E-state index in [-0.39, 0.29) is 11.5 Å². The van der Waals surface area contributed by atoms with Crippen LogP contribution in [0.5, 0.6) is 0 Å². The number of likely N-dealkylation sites (tertiary alicyclic amines) is 2. The number of hydrogen-bond acceptors (Lipinski definition) is 3. The van der Waals surface area contributed by atoms with Crippen LogP contribution in [0, 0.1) is 6.92 Å². The smallest absolute Gasteiger partial charge is 0.253 e. The molecule has 1 spiro atoms. The molecule has 3 fully saturated rings. The van der Waals surface area contributed by atoms with Crippen LogP contribution in [0.1, 0.15) is 48.0 Å². The summed E-state index contributed by atoms with van der Waals surface area (Å²) >= 11 is 0. The Morgan fingerprint density at radius 3 is 2.42 bits per heavy atom. The molecule has 3 aliphatic heterocycles. The summed E-state index contributed by atoms with van der Waals surface area (Å²) < 4.78 is 6.28. The molecule has 0 aliphatic carbocycles. The average Bonchev–Trinajstić information content (AvgIpc) is 3.26. The Labute approximate surface area is 144 Å². The van der Waals surface area contributed by atoms with Crippen molar-refractivity contribution in [1.82, 2.24) is 9.80 Å². The molecule has 0 saturated carbocycles. The predicted octanol–water partition coefficient (Wildman–Crippen LogP) is 2.85. The van der Waals surface area contributed by atoms with E-state index in [1.54, 1.807) is 0 Å². The maximum absolute atomic E-state index is 12.7. The Morgan fingerprint density at radius 2 is 1.75 bits per heavy atom. The van der Waals surface area contributed by atoms with Gasteiger partial charge >= 0.3 is 0 Å². The van der Waals surface area contributed by atoms with E-state index < -0.39 is 0 Å². The molecule has 0 unspecified atom stereocenters. The quantitative estimate of drug-likeness (QED) is 0.837. The zero-order chi connectivity index (χ0) is 16.6. The first-order valence-electron chi connectivity index (χ1n) is 9.39. The number of rotatable bonds is 2. The number of carbonyl (C=O) groups excluding carboxylic acids is 1. The summed E-state index contributed by atoms with van der Waals surface area (Å²) in [5.74, 6) is 0.166. The van der Waals surface area contributed by atoms with Gasteiger partial charge in [0.1, 0.15) is 0 Å². The lowest BCUT2D eigenvalue weighted by Crippen LogP contribution is -2.47. The first-order valence-corrected chi connectivity index (χ1v) is 9.39. The largest absolute Gasteiger partial charge is 0.373 e. The molecule has 130 valence electrons. The van der Waals surface area contributed by atoms with Crippen LogP contribution in [-0.4, -0.2) is 60.1 Å². The molecule has 3 aliphatic rings. The van der Waals surface area contributed by atoms with Gasteiger partial charge < -0.3 is 9.64 Å². The monoisotopic (exact) mass is 328 g/mol. The lowest BCUT2D eigenvalue weighted by Gasteiger charge is -2.39. The summed E-state index contributed by atoms with van der Waals surface area (Å²) in [7, 11) is 0. The zero-order valence-electron chi connectivity index (χ0n) is 14.7. The summed E-state index contributed by atoms with van der Waals surface area (Å²) in [6, 6.07) is 8.51. The molecule has 3 saturated heterocycles. The number of hydrogen-bond donors (Lipinski definition) is 0. The maximum Gasteiger partial charge on any atom is 0.253 e. The average molecular weight is 328 g/mol. The molecule has 1 aromatic rings. The molecular weight excluding hydrogens is 300 g/mol. The van der Waals surface area contributed by atoms with Gasteiger partial charge in [-0.2, -0.15) is 0 Å². The van der Waals surface area contributed by atoms with Crippen molar-refractivity contribution < 1.29 is 9.53 Å². The number of nitrogens with zero attached hydrogens (tertiary/aromatic N) is 2. The van der Waals surface area contributed by atoms with Crippen LogP contribution in [0.15, 0.2) is 24.3 Å². The van der Waals surface area contributed by atoms with Crippen molar-refractivity contribution in [2.75, 3.05) is 32.8 Å². The van der Waals surface area contributed by atoms with Crippen LogP contribution in [-0.2, 0) is 4.74 Å². The standard InChI is InChI=1S/C20H28N2O2/c1-16-4-6-17(7-5-16)19(23)22-12-8-20(9-13-22)14-18(15-24-20)21-10-2-3-11-21/h4-7,18H,2-3,8-15H2,1H3/t18-/m1/s1. The molecule has 4 heteroatoms. The third-order valence-corrected chi connectivity index (χ3v) is 6.11. The minimum Gasteiger partial charge on any atom is -0.373 e. The fourth-order valence-corrected chi connectivity index (χ4v) is 4.51. The molecule has 3 heterocycles. The lowest BCUT2D eigenvalue weighted by molar-refractivity contribution is -0.0393. The number of amides is 1. The second-order valence-electron chi connectivity index (χ2n) is 7.75. The summed E-state index contributed by atoms with van der Waals surface area (Å²) in [6.07, 6.45) is 5.79. The van der Waals surface area contributed by atoms with Crippen molar-refractivity contribution in [2.45, 2.75) is 50.7 Å². The van der Waals surface area contributed by atoms with Gasteiger partial charge in [0.25, 0.3) is 5.91 Å². The van der Waals surface area contributed by atoms with Crippen LogP contribution < -0.4 is 0 Å². The van der Waals surface area contributed by atoms with E-state index in [1.165, 1.54) is 31.5 Å². The van der Waals surface area contributed by atoms with Gasteiger partial charge in [-0.3, -0.25) is 9.69 Å². The van der Waals surface area contributed by atoms with E-state index in [9.17, 15) is 4.79 Å². The van der Waals surface area contributed by atoms with Gasteiger partial charge in [-0.05, 0) is 64.3 Å². The highest BCUT2D eigenvalue weighted by atomic mass is 16.5. The molecule has 24 heavy (non-hydrogen) atoms. The highest BCUT2D eigenvalue weighted by Gasteiger charge is 2.45. The van der Waals surface area contributed by atoms with E-state index in [0.717, 1.165) is 44.5 Å². The van der Waals surface area contributed by atoms with Gasteiger partial charge in [0.15, 0.2) is 0 Å². The normalized spacial score (nSPS) is 27.0. The van der Waals surface area contributed by atoms with E-state index in [0.29, 0.717) is 6.04 Å². The van der Waals surface area contributed by atoms with Gasteiger partial charge in [-0.25, -0.2) is 0 Å². The molecular formula is C20H28N2O2. The van der Waals surface area contributed by atoms with Crippen molar-refractivity contribution in [1.29, 1.82) is 0 Å². The van der Waals surface area contributed by atoms with E-state index in [2.05, 4.69) is 4.90 Å². The topological polar surface area (TPSA) is 32.8 Å². The van der Waals surface area contributed by atoms with Crippen LogP contribution >= 0.6 is 0 Å². The van der Waals surface area contributed by atoms with Gasteiger partial charge in [0.05, 0.1) is 12.2 Å². The molecule has 0 radical (unpaired) electrons. The fraction of sp³-hybridized carbons (Fsp3) is 0.650. The minimum atomic E-state index is 0.0251. The van der Waals surface area contributed by atoms with E-state index in [1.807, 2.05) is 36.1 Å². The van der Waals surface area contributed by atoms with E-state index >= 15 is 0 Å². The van der Waals surface area contributed by atoms with Gasteiger partial charge in [0, 0.05) is 24.7 Å². The molecule has 0 N–H and O–H groups in total. The number of ether oxygens (including phenoxy) is 1. The van der Waals surface area contributed by atoms with Gasteiger partial charge in [-0.15, -0.1) is 0 Å². The maximum atomic E-state index is 12.7. The molecule has 1 amide bonds. The third kappa shape index (κ3) is 3.09. The SMILES string of the molecule is Cc1ccc(C(=O)N2CCC3(CC2)C[C@@H](N2CCCC2)CO3)cc1. The number of benzene rings is 1. The number of aryl methyl sites for hydroxylation is 1. The van der Waals surface area contributed by atoms with Crippen LogP contribution in [0.25, 0.3) is 0 Å². The van der Waals surface area contributed by atoms with Crippen molar-refractivity contribution >= 4 is 5.91 Å². The molecule has 4 nitrogen and oxygen atoms in total. The highest BCUT2D eigenvalue weighted by Crippen LogP contribution is 2.38. The minimum absolute atomic E-state index is 0.0251. The number of piperidine rings is 1. The molecule has 0 aromatic heterocycles. The third-order valence-electron chi connectivity index (χ3n) is 6.11. The summed E-state index contributed by atoms with van der Waals surface area (Å²) in [5, 5.41) is 0. The lowest BCUT2D eigenvalue weighted by atomic mass is 9.87. The Morgan fingerprint density at radius 1 is 1.08 bits per heavy atom. The van der Waals surface area contributed by atoms with E-state index in [4.69, 9.17) is 4.74 Å². The van der Waals surface area contributed by atoms with Gasteiger partial charge in [0.2, 0.25) is 0 Å². The Bertz CT molecular complexity index is 584. The summed E-state index contributed by atoms with van der Waals surface area (Å²) in [5.41, 5.74) is 2.02. The van der Waals surface area contributed by atoms with Crippen molar-refractivity contribution in [3.63, 3.8) is 0 Å². The molecule has 4 rings (SSSR count). The molecule has 0 bridgehead atoms. The second kappa shape index (κ2) is 6.49. The Kier molecular flexibility index (Phi) is 4.35. The summed E-state index contributed by atoms with van der Waals surface area (Å²) in [4.78, 5) is 17.3. The Balaban J connectivity index is 1.35. The van der Waals surface area contributed by atoms with Crippen LogP contribution in [0.3, 0.4) is 0 Å². The number of carbonyl (C=O) groups is 1. The first-order chi connectivity index (χ1) is 11.7. The fourth-order valence-electron chi connectivity index (χ4n) is 4.51. The predicted molar refractivity (Wildman–Crippen MR) is 94.2 cm³/mol. The van der Waals surface area contributed by atoms with Crippen LogP contribution in [0.4, 0.5) is 0 Å². The Hall–Kier alpha value is -1.39. The molecule has 1 aromatic carbocycles. The highest BCUT2D eigenvalue weighted by molar-refractivity contribution is 5.94. The van der Waals surface area contributed by atoms with Crippen LogP contribution in [0.2, 0.25) is 0 Å². The van der Waals surface area contributed by atoms with Gasteiger partial charge in [-0.1, -0.05) is 17.7 Å². The molecule has 1 atom stereocenters. The first kappa shape index (κ1) is 16.1.